The normalized spacial score (nSPS) is 10.8. The van der Waals surface area contributed by atoms with Gasteiger partial charge in [0.05, 0.1) is 29.3 Å². The Kier molecular flexibility index (Phi) is 6.09. The van der Waals surface area contributed by atoms with Crippen molar-refractivity contribution in [2.75, 3.05) is 18.5 Å². The highest BCUT2D eigenvalue weighted by molar-refractivity contribution is 6.33. The van der Waals surface area contributed by atoms with Crippen molar-refractivity contribution < 1.29 is 14.3 Å². The van der Waals surface area contributed by atoms with Crippen LogP contribution in [0.5, 0.6) is 11.5 Å². The number of para-hydroxylation sites is 2. The van der Waals surface area contributed by atoms with Crippen LogP contribution in [0.3, 0.4) is 0 Å². The Morgan fingerprint density at radius 3 is 2.39 bits per heavy atom. The number of aromatic nitrogens is 2. The summed E-state index contributed by atoms with van der Waals surface area (Å²) in [5, 5.41) is 3.45. The molecule has 1 amide bonds. The number of carbonyl (C=O) groups excluding carboxylic acids is 1. The van der Waals surface area contributed by atoms with E-state index in [1.165, 1.54) is 0 Å². The monoisotopic (exact) mass is 435 g/mol. The summed E-state index contributed by atoms with van der Waals surface area (Å²) < 4.78 is 11.1. The third kappa shape index (κ3) is 4.64. The number of hydrogen-bond acceptors (Lipinski definition) is 4. The van der Waals surface area contributed by atoms with Crippen molar-refractivity contribution in [3.8, 4) is 22.9 Å². The van der Waals surface area contributed by atoms with E-state index < -0.39 is 0 Å². The number of nitrogens with zero attached hydrogens (tertiary/aromatic N) is 1. The molecule has 3 aromatic carbocycles. The van der Waals surface area contributed by atoms with Gasteiger partial charge in [-0.1, -0.05) is 23.7 Å². The number of H-pyrrole nitrogens is 1. The topological polar surface area (TPSA) is 76.2 Å². The molecule has 0 saturated heterocycles. The molecule has 0 spiro atoms. The zero-order valence-electron chi connectivity index (χ0n) is 17.2. The third-order valence-electron chi connectivity index (χ3n) is 4.63. The first-order valence-corrected chi connectivity index (χ1v) is 10.4. The van der Waals surface area contributed by atoms with Crippen molar-refractivity contribution in [3.05, 3.63) is 71.2 Å². The quantitative estimate of drug-likeness (QED) is 0.377. The standard InChI is InChI=1S/C24H22ClN3O3/c1-3-30-17-11-15(12-18(14-17)31-4-2)24(29)26-16-9-10-20(25)19(13-16)23-27-21-7-5-6-8-22(21)28-23/h5-14H,3-4H2,1-2H3,(H,26,29)(H,27,28). The van der Waals surface area contributed by atoms with Gasteiger partial charge in [0.2, 0.25) is 0 Å². The largest absolute Gasteiger partial charge is 0.494 e. The predicted molar refractivity (Wildman–Crippen MR) is 123 cm³/mol. The molecular formula is C24H22ClN3O3. The molecule has 158 valence electrons. The molecule has 31 heavy (non-hydrogen) atoms. The van der Waals surface area contributed by atoms with Crippen molar-refractivity contribution in [1.82, 2.24) is 9.97 Å². The van der Waals surface area contributed by atoms with Gasteiger partial charge in [0.1, 0.15) is 17.3 Å². The maximum atomic E-state index is 12.9. The second kappa shape index (κ2) is 9.10. The molecule has 0 saturated carbocycles. The van der Waals surface area contributed by atoms with Crippen LogP contribution in [0.15, 0.2) is 60.7 Å². The number of hydrogen-bond donors (Lipinski definition) is 2. The van der Waals surface area contributed by atoms with Gasteiger partial charge in [-0.15, -0.1) is 0 Å². The number of imidazole rings is 1. The minimum atomic E-state index is -0.277. The molecule has 4 rings (SSSR count). The SMILES string of the molecule is CCOc1cc(OCC)cc(C(=O)Nc2ccc(Cl)c(-c3nc4ccccc4[nH]3)c2)c1. The molecule has 0 radical (unpaired) electrons. The molecule has 0 aliphatic rings. The molecule has 6 nitrogen and oxygen atoms in total. The van der Waals surface area contributed by atoms with Gasteiger partial charge >= 0.3 is 0 Å². The average Bonchev–Trinajstić information content (AvgIpc) is 3.19. The van der Waals surface area contributed by atoms with Gasteiger partial charge in [0.15, 0.2) is 0 Å². The first kappa shape index (κ1) is 20.8. The molecule has 7 heteroatoms. The third-order valence-corrected chi connectivity index (χ3v) is 4.96. The van der Waals surface area contributed by atoms with Crippen molar-refractivity contribution in [2.24, 2.45) is 0 Å². The molecule has 0 unspecified atom stereocenters. The Balaban J connectivity index is 1.62. The van der Waals surface area contributed by atoms with E-state index in [-0.39, 0.29) is 5.91 Å². The van der Waals surface area contributed by atoms with E-state index in [1.54, 1.807) is 36.4 Å². The van der Waals surface area contributed by atoms with Crippen LogP contribution in [0.1, 0.15) is 24.2 Å². The highest BCUT2D eigenvalue weighted by Crippen LogP contribution is 2.31. The lowest BCUT2D eigenvalue weighted by Crippen LogP contribution is -2.12. The van der Waals surface area contributed by atoms with E-state index >= 15 is 0 Å². The van der Waals surface area contributed by atoms with E-state index in [0.717, 1.165) is 11.0 Å². The lowest BCUT2D eigenvalue weighted by atomic mass is 10.1. The lowest BCUT2D eigenvalue weighted by molar-refractivity contribution is 0.102. The van der Waals surface area contributed by atoms with Gasteiger partial charge in [-0.25, -0.2) is 4.98 Å². The number of carbonyl (C=O) groups is 1. The number of amides is 1. The molecule has 1 aromatic heterocycles. The summed E-state index contributed by atoms with van der Waals surface area (Å²) in [6.45, 7) is 4.77. The van der Waals surface area contributed by atoms with Crippen molar-refractivity contribution in [3.63, 3.8) is 0 Å². The van der Waals surface area contributed by atoms with Gasteiger partial charge in [0.25, 0.3) is 5.91 Å². The number of fused-ring (bicyclic) bond motifs is 1. The van der Waals surface area contributed by atoms with E-state index in [1.807, 2.05) is 38.1 Å². The van der Waals surface area contributed by atoms with Crippen molar-refractivity contribution in [2.45, 2.75) is 13.8 Å². The number of benzene rings is 3. The second-order valence-electron chi connectivity index (χ2n) is 6.81. The number of anilines is 1. The number of ether oxygens (including phenoxy) is 2. The average molecular weight is 436 g/mol. The molecule has 1 heterocycles. The first-order chi connectivity index (χ1) is 15.1. The fourth-order valence-electron chi connectivity index (χ4n) is 3.27. The van der Waals surface area contributed by atoms with Gasteiger partial charge in [0, 0.05) is 22.9 Å². The van der Waals surface area contributed by atoms with Gasteiger partial charge < -0.3 is 19.8 Å². The zero-order chi connectivity index (χ0) is 21.8. The van der Waals surface area contributed by atoms with Crippen LogP contribution in [0.2, 0.25) is 5.02 Å². The number of aromatic amines is 1. The summed E-state index contributed by atoms with van der Waals surface area (Å²) in [5.74, 6) is 1.52. The Morgan fingerprint density at radius 2 is 1.71 bits per heavy atom. The fourth-order valence-corrected chi connectivity index (χ4v) is 3.48. The first-order valence-electron chi connectivity index (χ1n) is 10.0. The van der Waals surface area contributed by atoms with Crippen LogP contribution in [0, 0.1) is 0 Å². The van der Waals surface area contributed by atoms with E-state index in [2.05, 4.69) is 15.3 Å². The highest BCUT2D eigenvalue weighted by atomic mass is 35.5. The van der Waals surface area contributed by atoms with Crippen LogP contribution >= 0.6 is 11.6 Å². The minimum Gasteiger partial charge on any atom is -0.494 e. The molecule has 0 fully saturated rings. The predicted octanol–water partition coefficient (Wildman–Crippen LogP) is 5.93. The number of rotatable bonds is 7. The number of nitrogens with one attached hydrogen (secondary N) is 2. The van der Waals surface area contributed by atoms with Gasteiger partial charge in [-0.2, -0.15) is 0 Å². The highest BCUT2D eigenvalue weighted by Gasteiger charge is 2.14. The van der Waals surface area contributed by atoms with Crippen LogP contribution in [-0.4, -0.2) is 29.1 Å². The molecule has 0 bridgehead atoms. The van der Waals surface area contributed by atoms with E-state index in [9.17, 15) is 4.79 Å². The fraction of sp³-hybridized carbons (Fsp3) is 0.167. The maximum absolute atomic E-state index is 12.9. The van der Waals surface area contributed by atoms with Crippen LogP contribution in [0.4, 0.5) is 5.69 Å². The number of halogens is 1. The molecular weight excluding hydrogens is 414 g/mol. The smallest absolute Gasteiger partial charge is 0.255 e. The van der Waals surface area contributed by atoms with Crippen LogP contribution in [-0.2, 0) is 0 Å². The molecule has 2 N–H and O–H groups in total. The summed E-state index contributed by atoms with van der Waals surface area (Å²) in [6.07, 6.45) is 0. The summed E-state index contributed by atoms with van der Waals surface area (Å²) in [6, 6.07) is 18.2. The Morgan fingerprint density at radius 1 is 1.00 bits per heavy atom. The Hall–Kier alpha value is -3.51. The minimum absolute atomic E-state index is 0.277. The maximum Gasteiger partial charge on any atom is 0.255 e. The summed E-state index contributed by atoms with van der Waals surface area (Å²) >= 11 is 6.42. The molecule has 0 aliphatic heterocycles. The summed E-state index contributed by atoms with van der Waals surface area (Å²) in [7, 11) is 0. The van der Waals surface area contributed by atoms with Crippen molar-refractivity contribution in [1.29, 1.82) is 0 Å². The summed E-state index contributed by atoms with van der Waals surface area (Å²) in [4.78, 5) is 20.8. The van der Waals surface area contributed by atoms with E-state index in [0.29, 0.717) is 52.4 Å². The van der Waals surface area contributed by atoms with Crippen molar-refractivity contribution >= 4 is 34.2 Å². The molecule has 0 atom stereocenters. The van der Waals surface area contributed by atoms with Gasteiger partial charge in [-0.05, 0) is 56.3 Å². The summed E-state index contributed by atoms with van der Waals surface area (Å²) in [5.41, 5.74) is 3.51. The second-order valence-corrected chi connectivity index (χ2v) is 7.22. The molecule has 4 aromatic rings. The van der Waals surface area contributed by atoms with Gasteiger partial charge in [-0.3, -0.25) is 4.79 Å². The Labute approximate surface area is 185 Å². The van der Waals surface area contributed by atoms with Crippen LogP contribution < -0.4 is 14.8 Å². The lowest BCUT2D eigenvalue weighted by Gasteiger charge is -2.12. The Bertz CT molecular complexity index is 1180. The zero-order valence-corrected chi connectivity index (χ0v) is 18.0. The van der Waals surface area contributed by atoms with Crippen LogP contribution in [0.25, 0.3) is 22.4 Å². The van der Waals surface area contributed by atoms with E-state index in [4.69, 9.17) is 21.1 Å². The molecule has 0 aliphatic carbocycles.